The molecule has 0 unspecified atom stereocenters. The summed E-state index contributed by atoms with van der Waals surface area (Å²) in [5, 5.41) is 13.1. The molecule has 2 aromatic rings. The molecule has 0 N–H and O–H groups in total. The first kappa shape index (κ1) is 17.2. The van der Waals surface area contributed by atoms with Gasteiger partial charge in [-0.25, -0.2) is 0 Å². The Labute approximate surface area is 154 Å². The number of oxime groups is 1. The van der Waals surface area contributed by atoms with E-state index in [1.54, 1.807) is 0 Å². The van der Waals surface area contributed by atoms with E-state index in [0.717, 1.165) is 69.9 Å². The third-order valence-electron chi connectivity index (χ3n) is 5.34. The number of aryl methyl sites for hydroxylation is 2. The van der Waals surface area contributed by atoms with Crippen molar-refractivity contribution in [1.82, 2.24) is 19.7 Å². The zero-order chi connectivity index (χ0) is 17.8. The molecule has 3 heterocycles. The van der Waals surface area contributed by atoms with Gasteiger partial charge in [-0.3, -0.25) is 4.90 Å². The molecule has 26 heavy (non-hydrogen) atoms. The second kappa shape index (κ2) is 7.99. The number of hydrogen-bond acceptors (Lipinski definition) is 5. The highest BCUT2D eigenvalue weighted by Crippen LogP contribution is 2.17. The summed E-state index contributed by atoms with van der Waals surface area (Å²) in [4.78, 5) is 8.06. The Hall–Kier alpha value is -2.21. The molecule has 1 aromatic heterocycles. The fourth-order valence-corrected chi connectivity index (χ4v) is 3.78. The number of fused-ring (bicyclic) bond motifs is 1. The Morgan fingerprint density at radius 2 is 1.96 bits per heavy atom. The molecule has 0 spiro atoms. The van der Waals surface area contributed by atoms with E-state index in [1.165, 1.54) is 11.3 Å². The molecule has 4 rings (SSSR count). The minimum absolute atomic E-state index is 0.214. The summed E-state index contributed by atoms with van der Waals surface area (Å²) in [6.45, 7) is 6.08. The summed E-state index contributed by atoms with van der Waals surface area (Å²) in [6, 6.07) is 10.6. The molecule has 0 fully saturated rings. The van der Waals surface area contributed by atoms with Gasteiger partial charge in [-0.1, -0.05) is 42.4 Å². The molecular weight excluding hydrogens is 326 g/mol. The molecule has 0 radical (unpaired) electrons. The van der Waals surface area contributed by atoms with E-state index in [-0.39, 0.29) is 6.10 Å². The van der Waals surface area contributed by atoms with Gasteiger partial charge in [0.2, 0.25) is 0 Å². The van der Waals surface area contributed by atoms with Crippen LogP contribution in [0.2, 0.25) is 0 Å². The minimum atomic E-state index is 0.214. The largest absolute Gasteiger partial charge is 0.391 e. The van der Waals surface area contributed by atoms with Crippen LogP contribution in [0.15, 0.2) is 35.5 Å². The summed E-state index contributed by atoms with van der Waals surface area (Å²) >= 11 is 0. The number of nitrogens with zero attached hydrogens (tertiary/aromatic N) is 5. The van der Waals surface area contributed by atoms with Gasteiger partial charge >= 0.3 is 0 Å². The SMILES string of the molecule is CCC1=NO[C@@H](CN2CCc3nnc(CCc4ccccc4)n3CC2)C1. The highest BCUT2D eigenvalue weighted by Gasteiger charge is 2.25. The van der Waals surface area contributed by atoms with Gasteiger partial charge in [0.25, 0.3) is 0 Å². The number of rotatable bonds is 6. The molecule has 0 saturated carbocycles. The lowest BCUT2D eigenvalue weighted by molar-refractivity contribution is 0.0530. The number of benzene rings is 1. The van der Waals surface area contributed by atoms with E-state index in [0.29, 0.717) is 0 Å². The van der Waals surface area contributed by atoms with Crippen molar-refractivity contribution in [3.05, 3.63) is 47.5 Å². The van der Waals surface area contributed by atoms with Gasteiger partial charge in [0, 0.05) is 45.4 Å². The summed E-state index contributed by atoms with van der Waals surface area (Å²) in [5.74, 6) is 2.23. The van der Waals surface area contributed by atoms with Crippen molar-refractivity contribution in [3.63, 3.8) is 0 Å². The zero-order valence-corrected chi connectivity index (χ0v) is 15.5. The van der Waals surface area contributed by atoms with Gasteiger partial charge < -0.3 is 9.40 Å². The molecule has 1 atom stereocenters. The molecule has 0 bridgehead atoms. The molecule has 0 aliphatic carbocycles. The Morgan fingerprint density at radius 1 is 1.08 bits per heavy atom. The topological polar surface area (TPSA) is 55.5 Å². The van der Waals surface area contributed by atoms with Crippen LogP contribution in [0.3, 0.4) is 0 Å². The average molecular weight is 353 g/mol. The van der Waals surface area contributed by atoms with E-state index in [9.17, 15) is 0 Å². The maximum absolute atomic E-state index is 5.58. The van der Waals surface area contributed by atoms with Gasteiger partial charge in [0.1, 0.15) is 17.8 Å². The van der Waals surface area contributed by atoms with E-state index >= 15 is 0 Å². The normalized spacial score (nSPS) is 20.3. The Bertz CT molecular complexity index is 755. The Morgan fingerprint density at radius 3 is 2.77 bits per heavy atom. The van der Waals surface area contributed by atoms with Gasteiger partial charge in [-0.05, 0) is 18.4 Å². The number of hydrogen-bond donors (Lipinski definition) is 0. The van der Waals surface area contributed by atoms with Crippen LogP contribution < -0.4 is 0 Å². The van der Waals surface area contributed by atoms with E-state index in [1.807, 2.05) is 0 Å². The van der Waals surface area contributed by atoms with Gasteiger partial charge in [0.15, 0.2) is 0 Å². The van der Waals surface area contributed by atoms with Crippen LogP contribution in [0.4, 0.5) is 0 Å². The van der Waals surface area contributed by atoms with Crippen LogP contribution in [0, 0.1) is 0 Å². The molecule has 0 amide bonds. The Balaban J connectivity index is 1.33. The molecule has 2 aliphatic rings. The fourth-order valence-electron chi connectivity index (χ4n) is 3.78. The van der Waals surface area contributed by atoms with Crippen molar-refractivity contribution < 1.29 is 4.84 Å². The lowest BCUT2D eigenvalue weighted by Crippen LogP contribution is -2.35. The van der Waals surface area contributed by atoms with Crippen molar-refractivity contribution >= 4 is 5.71 Å². The third-order valence-corrected chi connectivity index (χ3v) is 5.34. The lowest BCUT2D eigenvalue weighted by Gasteiger charge is -2.22. The number of aromatic nitrogens is 3. The maximum atomic E-state index is 5.58. The first-order chi connectivity index (χ1) is 12.8. The van der Waals surface area contributed by atoms with Crippen molar-refractivity contribution in [2.24, 2.45) is 5.16 Å². The summed E-state index contributed by atoms with van der Waals surface area (Å²) in [6.07, 6.45) is 5.08. The predicted molar refractivity (Wildman–Crippen MR) is 101 cm³/mol. The molecule has 1 aromatic carbocycles. The van der Waals surface area contributed by atoms with Crippen molar-refractivity contribution in [2.75, 3.05) is 19.6 Å². The van der Waals surface area contributed by atoms with Gasteiger partial charge in [-0.15, -0.1) is 10.2 Å². The van der Waals surface area contributed by atoms with E-state index in [4.69, 9.17) is 4.84 Å². The van der Waals surface area contributed by atoms with Crippen LogP contribution in [0.5, 0.6) is 0 Å². The summed E-state index contributed by atoms with van der Waals surface area (Å²) in [7, 11) is 0. The molecule has 2 aliphatic heterocycles. The minimum Gasteiger partial charge on any atom is -0.391 e. The molecular formula is C20H27N5O. The molecule has 138 valence electrons. The van der Waals surface area contributed by atoms with Crippen LogP contribution in [0.25, 0.3) is 0 Å². The zero-order valence-electron chi connectivity index (χ0n) is 15.5. The van der Waals surface area contributed by atoms with Crippen LogP contribution in [-0.2, 0) is 30.6 Å². The standard InChI is InChI=1S/C20H27N5O/c1-2-17-14-18(26-23-17)15-24-11-10-20-22-21-19(25(20)13-12-24)9-8-16-6-4-3-5-7-16/h3-7,18H,2,8-15H2,1H3/t18-/m1/s1. The van der Waals surface area contributed by atoms with Gasteiger partial charge in [0.05, 0.1) is 5.71 Å². The fraction of sp³-hybridized carbons (Fsp3) is 0.550. The first-order valence-corrected chi connectivity index (χ1v) is 9.70. The van der Waals surface area contributed by atoms with Crippen LogP contribution >= 0.6 is 0 Å². The molecule has 6 nitrogen and oxygen atoms in total. The van der Waals surface area contributed by atoms with Crippen molar-refractivity contribution in [3.8, 4) is 0 Å². The molecule has 0 saturated heterocycles. The van der Waals surface area contributed by atoms with Crippen LogP contribution in [0.1, 0.15) is 37.0 Å². The average Bonchev–Trinajstić information content (AvgIpc) is 3.24. The summed E-state index contributed by atoms with van der Waals surface area (Å²) < 4.78 is 2.33. The monoisotopic (exact) mass is 353 g/mol. The van der Waals surface area contributed by atoms with E-state index < -0.39 is 0 Å². The maximum Gasteiger partial charge on any atom is 0.145 e. The first-order valence-electron chi connectivity index (χ1n) is 9.70. The smallest absolute Gasteiger partial charge is 0.145 e. The highest BCUT2D eigenvalue weighted by atomic mass is 16.6. The van der Waals surface area contributed by atoms with Crippen molar-refractivity contribution in [1.29, 1.82) is 0 Å². The lowest BCUT2D eigenvalue weighted by atomic mass is 10.1. The second-order valence-electron chi connectivity index (χ2n) is 7.16. The Kier molecular flexibility index (Phi) is 5.29. The highest BCUT2D eigenvalue weighted by molar-refractivity contribution is 5.85. The summed E-state index contributed by atoms with van der Waals surface area (Å²) in [5.41, 5.74) is 2.54. The second-order valence-corrected chi connectivity index (χ2v) is 7.16. The van der Waals surface area contributed by atoms with Crippen LogP contribution in [-0.4, -0.2) is 51.1 Å². The van der Waals surface area contributed by atoms with Crippen molar-refractivity contribution in [2.45, 2.75) is 51.7 Å². The third kappa shape index (κ3) is 3.96. The van der Waals surface area contributed by atoms with E-state index in [2.05, 4.69) is 62.1 Å². The quantitative estimate of drug-likeness (QED) is 0.801. The van der Waals surface area contributed by atoms with Gasteiger partial charge in [-0.2, -0.15) is 0 Å². The molecule has 6 heteroatoms. The predicted octanol–water partition coefficient (Wildman–Crippen LogP) is 2.48.